The van der Waals surface area contributed by atoms with Gasteiger partial charge in [0.2, 0.25) is 5.91 Å². The molecule has 3 rings (SSSR count). The van der Waals surface area contributed by atoms with Crippen LogP contribution in [0.25, 0.3) is 0 Å². The van der Waals surface area contributed by atoms with E-state index in [0.29, 0.717) is 43.2 Å². The lowest BCUT2D eigenvalue weighted by molar-refractivity contribution is -0.122. The predicted molar refractivity (Wildman–Crippen MR) is 128 cm³/mol. The number of primary amides is 1. The van der Waals surface area contributed by atoms with Gasteiger partial charge in [-0.1, -0.05) is 13.0 Å². The summed E-state index contributed by atoms with van der Waals surface area (Å²) in [7, 11) is 1.75. The Kier molecular flexibility index (Phi) is 8.42. The SMILES string of the molecule is CCc1nc(C(N)=O)c(Nc2cccc(OCCCNC(=O)[C@H](C)NC)c2)nc1N1CCC1. The second-order valence-corrected chi connectivity index (χ2v) is 7.91. The second-order valence-electron chi connectivity index (χ2n) is 7.91. The number of carbonyl (C=O) groups is 2. The molecule has 5 N–H and O–H groups in total. The van der Waals surface area contributed by atoms with E-state index in [9.17, 15) is 9.59 Å². The summed E-state index contributed by atoms with van der Waals surface area (Å²) < 4.78 is 5.81. The molecule has 1 fully saturated rings. The van der Waals surface area contributed by atoms with E-state index in [4.69, 9.17) is 15.5 Å². The number of rotatable bonds is 12. The van der Waals surface area contributed by atoms with Gasteiger partial charge in [-0.25, -0.2) is 9.97 Å². The van der Waals surface area contributed by atoms with Crippen LogP contribution in [0.15, 0.2) is 24.3 Å². The number of nitrogens with one attached hydrogen (secondary N) is 3. The summed E-state index contributed by atoms with van der Waals surface area (Å²) in [5.74, 6) is 1.12. The molecule has 1 aliphatic heterocycles. The van der Waals surface area contributed by atoms with Gasteiger partial charge in [0.05, 0.1) is 18.3 Å². The zero-order valence-corrected chi connectivity index (χ0v) is 19.5. The van der Waals surface area contributed by atoms with Crippen molar-refractivity contribution in [2.24, 2.45) is 5.73 Å². The van der Waals surface area contributed by atoms with Gasteiger partial charge in [-0.2, -0.15) is 0 Å². The number of ether oxygens (including phenoxy) is 1. The van der Waals surface area contributed by atoms with Gasteiger partial charge in [-0.05, 0) is 45.4 Å². The zero-order chi connectivity index (χ0) is 23.8. The lowest BCUT2D eigenvalue weighted by Gasteiger charge is -2.33. The number of hydrogen-bond acceptors (Lipinski definition) is 8. The molecular weight excluding hydrogens is 422 g/mol. The van der Waals surface area contributed by atoms with Crippen LogP contribution in [0.1, 0.15) is 42.9 Å². The average Bonchev–Trinajstić information content (AvgIpc) is 2.77. The number of aromatic nitrogens is 2. The highest BCUT2D eigenvalue weighted by Gasteiger charge is 2.24. The summed E-state index contributed by atoms with van der Waals surface area (Å²) in [5.41, 5.74) is 7.18. The molecule has 2 heterocycles. The number of benzene rings is 1. The van der Waals surface area contributed by atoms with Gasteiger partial charge in [-0.3, -0.25) is 9.59 Å². The largest absolute Gasteiger partial charge is 0.493 e. The number of amides is 2. The molecule has 0 unspecified atom stereocenters. The topological polar surface area (TPSA) is 134 Å². The third kappa shape index (κ3) is 6.32. The molecule has 1 atom stereocenters. The summed E-state index contributed by atoms with van der Waals surface area (Å²) in [6.07, 6.45) is 2.45. The van der Waals surface area contributed by atoms with E-state index in [2.05, 4.69) is 25.8 Å². The number of likely N-dealkylation sites (N-methyl/N-ethyl adjacent to an activating group) is 1. The van der Waals surface area contributed by atoms with E-state index < -0.39 is 5.91 Å². The lowest BCUT2D eigenvalue weighted by atomic mass is 10.2. The molecule has 178 valence electrons. The molecule has 1 aliphatic rings. The van der Waals surface area contributed by atoms with Crippen LogP contribution in [0.5, 0.6) is 5.75 Å². The number of nitrogens with zero attached hydrogens (tertiary/aromatic N) is 3. The number of aryl methyl sites for hydroxylation is 1. The highest BCUT2D eigenvalue weighted by Crippen LogP contribution is 2.28. The van der Waals surface area contributed by atoms with E-state index in [0.717, 1.165) is 31.0 Å². The Balaban J connectivity index is 1.65. The van der Waals surface area contributed by atoms with E-state index in [1.54, 1.807) is 14.0 Å². The van der Waals surface area contributed by atoms with Crippen molar-refractivity contribution in [2.45, 2.75) is 39.2 Å². The minimum atomic E-state index is -0.628. The molecule has 10 nitrogen and oxygen atoms in total. The third-order valence-corrected chi connectivity index (χ3v) is 5.48. The zero-order valence-electron chi connectivity index (χ0n) is 19.5. The molecule has 0 aliphatic carbocycles. The van der Waals surface area contributed by atoms with Crippen molar-refractivity contribution in [3.63, 3.8) is 0 Å². The van der Waals surface area contributed by atoms with Crippen LogP contribution in [0, 0.1) is 0 Å². The number of hydrogen-bond donors (Lipinski definition) is 4. The molecule has 1 aromatic carbocycles. The van der Waals surface area contributed by atoms with Crippen molar-refractivity contribution in [3.05, 3.63) is 35.7 Å². The summed E-state index contributed by atoms with van der Waals surface area (Å²) in [4.78, 5) is 35.1. The van der Waals surface area contributed by atoms with Crippen molar-refractivity contribution in [1.29, 1.82) is 0 Å². The number of anilines is 3. The lowest BCUT2D eigenvalue weighted by Crippen LogP contribution is -2.40. The summed E-state index contributed by atoms with van der Waals surface area (Å²) in [5, 5.41) is 8.94. The first-order valence-corrected chi connectivity index (χ1v) is 11.3. The second kappa shape index (κ2) is 11.5. The Morgan fingerprint density at radius 2 is 2.06 bits per heavy atom. The van der Waals surface area contributed by atoms with Crippen molar-refractivity contribution in [1.82, 2.24) is 20.6 Å². The quantitative estimate of drug-likeness (QED) is 0.355. The Bertz CT molecular complexity index is 979. The van der Waals surface area contributed by atoms with Gasteiger partial charge in [0.25, 0.3) is 5.91 Å². The van der Waals surface area contributed by atoms with Crippen molar-refractivity contribution in [3.8, 4) is 5.75 Å². The van der Waals surface area contributed by atoms with Gasteiger partial charge < -0.3 is 31.3 Å². The maximum Gasteiger partial charge on any atom is 0.271 e. The van der Waals surface area contributed by atoms with E-state index in [-0.39, 0.29) is 17.6 Å². The van der Waals surface area contributed by atoms with Gasteiger partial charge in [0.1, 0.15) is 5.75 Å². The van der Waals surface area contributed by atoms with Crippen molar-refractivity contribution in [2.75, 3.05) is 43.5 Å². The van der Waals surface area contributed by atoms with Gasteiger partial charge in [0, 0.05) is 31.4 Å². The van der Waals surface area contributed by atoms with Crippen molar-refractivity contribution < 1.29 is 14.3 Å². The minimum absolute atomic E-state index is 0.0400. The molecule has 2 aromatic rings. The molecule has 1 saturated heterocycles. The monoisotopic (exact) mass is 455 g/mol. The molecule has 0 saturated carbocycles. The summed E-state index contributed by atoms with van der Waals surface area (Å²) in [6, 6.07) is 7.15. The fraction of sp³-hybridized carbons (Fsp3) is 0.478. The van der Waals surface area contributed by atoms with E-state index >= 15 is 0 Å². The Morgan fingerprint density at radius 1 is 1.27 bits per heavy atom. The highest BCUT2D eigenvalue weighted by atomic mass is 16.5. The molecule has 0 radical (unpaired) electrons. The molecule has 0 spiro atoms. The molecule has 0 bridgehead atoms. The smallest absolute Gasteiger partial charge is 0.271 e. The summed E-state index contributed by atoms with van der Waals surface area (Å²) >= 11 is 0. The first-order chi connectivity index (χ1) is 15.9. The maximum atomic E-state index is 12.0. The first kappa shape index (κ1) is 24.2. The van der Waals surface area contributed by atoms with E-state index in [1.807, 2.05) is 31.2 Å². The fourth-order valence-corrected chi connectivity index (χ4v) is 3.30. The predicted octanol–water partition coefficient (Wildman–Crippen LogP) is 1.58. The fourth-order valence-electron chi connectivity index (χ4n) is 3.30. The van der Waals surface area contributed by atoms with Crippen LogP contribution in [0.3, 0.4) is 0 Å². The Morgan fingerprint density at radius 3 is 2.70 bits per heavy atom. The Labute approximate surface area is 194 Å². The van der Waals surface area contributed by atoms with Crippen LogP contribution in [0.4, 0.5) is 17.3 Å². The molecule has 33 heavy (non-hydrogen) atoms. The number of nitrogens with two attached hydrogens (primary N) is 1. The molecular formula is C23H33N7O3. The van der Waals surface area contributed by atoms with Crippen LogP contribution < -0.4 is 31.3 Å². The minimum Gasteiger partial charge on any atom is -0.493 e. The van der Waals surface area contributed by atoms with Gasteiger partial charge in [-0.15, -0.1) is 0 Å². The van der Waals surface area contributed by atoms with Gasteiger partial charge in [0.15, 0.2) is 17.3 Å². The molecule has 10 heteroatoms. The van der Waals surface area contributed by atoms with Crippen LogP contribution in [-0.4, -0.2) is 61.1 Å². The maximum absolute atomic E-state index is 12.0. The third-order valence-electron chi connectivity index (χ3n) is 5.48. The first-order valence-electron chi connectivity index (χ1n) is 11.3. The average molecular weight is 456 g/mol. The van der Waals surface area contributed by atoms with Crippen molar-refractivity contribution >= 4 is 29.1 Å². The molecule has 1 aromatic heterocycles. The van der Waals surface area contributed by atoms with Gasteiger partial charge >= 0.3 is 0 Å². The molecule has 2 amide bonds. The standard InChI is InChI=1S/C23H33N7O3/c1-4-18-22(30-11-7-12-30)29-21(19(28-18)20(24)31)27-16-8-5-9-17(14-16)33-13-6-10-26-23(32)15(2)25-3/h5,8-9,14-15,25H,4,6-7,10-13H2,1-3H3,(H2,24,31)(H,26,32)(H,27,29)/t15-/m0/s1. The Hall–Kier alpha value is -3.40. The van der Waals surface area contributed by atoms with E-state index in [1.165, 1.54) is 0 Å². The number of carbonyl (C=O) groups excluding carboxylic acids is 2. The highest BCUT2D eigenvalue weighted by molar-refractivity contribution is 5.96. The normalized spacial score (nSPS) is 13.7. The van der Waals surface area contributed by atoms with Crippen LogP contribution in [-0.2, 0) is 11.2 Å². The van der Waals surface area contributed by atoms with Crippen LogP contribution >= 0.6 is 0 Å². The summed E-state index contributed by atoms with van der Waals surface area (Å²) in [6.45, 7) is 6.63. The van der Waals surface area contributed by atoms with Crippen LogP contribution in [0.2, 0.25) is 0 Å².